The first-order valence-electron chi connectivity index (χ1n) is 15.4. The summed E-state index contributed by atoms with van der Waals surface area (Å²) in [5.41, 5.74) is 1.91. The van der Waals surface area contributed by atoms with Gasteiger partial charge in [-0.05, 0) is 62.7 Å². The number of piperidine rings is 1. The number of methoxy groups -OCH3 is 1. The van der Waals surface area contributed by atoms with Crippen LogP contribution in [-0.2, 0) is 16.1 Å². The Labute approximate surface area is 272 Å². The Hall–Kier alpha value is -4.44. The van der Waals surface area contributed by atoms with E-state index in [0.717, 1.165) is 4.57 Å². The average molecular weight is 660 g/mol. The number of anilines is 2. The number of esters is 1. The molecule has 2 aromatic carbocycles. The fraction of sp³-hybridized carbons (Fsp3) is 0.471. The molecule has 1 unspecified atom stereocenters. The fourth-order valence-electron chi connectivity index (χ4n) is 5.26. The Bertz CT molecular complexity index is 1630. The third-order valence-electron chi connectivity index (χ3n) is 7.74. The van der Waals surface area contributed by atoms with Crippen LogP contribution in [0.3, 0.4) is 0 Å². The molecule has 1 aliphatic rings. The summed E-state index contributed by atoms with van der Waals surface area (Å²) in [7, 11) is 3.30. The minimum atomic E-state index is -4.49. The molecule has 0 radical (unpaired) electrons. The highest BCUT2D eigenvalue weighted by Gasteiger charge is 2.31. The van der Waals surface area contributed by atoms with Crippen molar-refractivity contribution in [3.8, 4) is 17.6 Å². The van der Waals surface area contributed by atoms with Crippen molar-refractivity contribution in [3.05, 3.63) is 53.7 Å². The van der Waals surface area contributed by atoms with E-state index in [1.165, 1.54) is 7.11 Å². The fourth-order valence-corrected chi connectivity index (χ4v) is 5.26. The van der Waals surface area contributed by atoms with Gasteiger partial charge in [-0.25, -0.2) is 4.39 Å². The first kappa shape index (κ1) is 35.4. The summed E-state index contributed by atoms with van der Waals surface area (Å²) >= 11 is 0. The smallest absolute Gasteiger partial charge is 0.406 e. The quantitative estimate of drug-likeness (QED) is 0.143. The number of alkyl halides is 4. The van der Waals surface area contributed by atoms with E-state index >= 15 is 0 Å². The number of halogens is 4. The van der Waals surface area contributed by atoms with Gasteiger partial charge in [0.25, 0.3) is 5.91 Å². The molecule has 0 aliphatic carbocycles. The number of fused-ring (bicyclic) bond motifs is 1. The normalized spacial score (nSPS) is 17.5. The summed E-state index contributed by atoms with van der Waals surface area (Å²) in [4.78, 5) is 26.3. The first-order chi connectivity index (χ1) is 22.3. The molecule has 47 heavy (non-hydrogen) atoms. The zero-order chi connectivity index (χ0) is 34.3. The molecule has 3 aromatic rings. The SMILES string of the molecule is COc1cc(C(=O)NC(C)COC(=O)C(C)C)ccc1NCC#Cc1cc2c(N[C@@H]3CCN(C)C[C@@H]3F)cccc2n1CC(F)(F)F. The van der Waals surface area contributed by atoms with Gasteiger partial charge in [-0.2, -0.15) is 13.2 Å². The molecule has 1 fully saturated rings. The number of carbonyl (C=O) groups excluding carboxylic acids is 2. The molecule has 3 N–H and O–H groups in total. The second-order valence-electron chi connectivity index (χ2n) is 12.0. The van der Waals surface area contributed by atoms with E-state index in [1.54, 1.807) is 63.2 Å². The van der Waals surface area contributed by atoms with Gasteiger partial charge >= 0.3 is 12.1 Å². The number of carbonyl (C=O) groups is 2. The molecule has 0 saturated carbocycles. The molecule has 13 heteroatoms. The molecule has 1 amide bonds. The average Bonchev–Trinajstić information content (AvgIpc) is 3.35. The zero-order valence-electron chi connectivity index (χ0n) is 27.1. The lowest BCUT2D eigenvalue weighted by atomic mass is 10.0. The molecule has 0 bridgehead atoms. The highest BCUT2D eigenvalue weighted by molar-refractivity contribution is 5.96. The number of ether oxygens (including phenoxy) is 2. The second kappa shape index (κ2) is 15.4. The van der Waals surface area contributed by atoms with Crippen LogP contribution in [-0.4, -0.2) is 86.2 Å². The predicted molar refractivity (Wildman–Crippen MR) is 174 cm³/mol. The highest BCUT2D eigenvalue weighted by Crippen LogP contribution is 2.32. The molecule has 1 saturated heterocycles. The molecule has 0 spiro atoms. The van der Waals surface area contributed by atoms with E-state index in [4.69, 9.17) is 9.47 Å². The van der Waals surface area contributed by atoms with Crippen LogP contribution >= 0.6 is 0 Å². The van der Waals surface area contributed by atoms with E-state index < -0.39 is 31.0 Å². The molecule has 2 heterocycles. The third kappa shape index (κ3) is 9.54. The lowest BCUT2D eigenvalue weighted by Gasteiger charge is -2.33. The van der Waals surface area contributed by atoms with Crippen molar-refractivity contribution < 1.29 is 36.6 Å². The summed E-state index contributed by atoms with van der Waals surface area (Å²) in [6, 6.07) is 10.5. The Morgan fingerprint density at radius 3 is 2.55 bits per heavy atom. The standard InChI is InChI=1S/C34H41F4N5O4/c1-21(2)33(45)47-19-22(3)40-32(44)23-11-12-29(31(16-23)46-5)39-14-7-8-24-17-25-27(41-28-13-15-42(4)18-26(28)35)9-6-10-30(25)43(24)20-34(36,37)38/h6,9-12,16-17,21-22,26,28,39,41H,13-15,18-20H2,1-5H3,(H,40,44)/t22?,26-,28+/m0/s1. The van der Waals surface area contributed by atoms with E-state index in [2.05, 4.69) is 27.8 Å². The van der Waals surface area contributed by atoms with Crippen LogP contribution in [0.2, 0.25) is 0 Å². The predicted octanol–water partition coefficient (Wildman–Crippen LogP) is 5.45. The number of aromatic nitrogens is 1. The van der Waals surface area contributed by atoms with Gasteiger partial charge in [-0.1, -0.05) is 25.8 Å². The Kier molecular flexibility index (Phi) is 11.6. The topological polar surface area (TPSA) is 96.9 Å². The third-order valence-corrected chi connectivity index (χ3v) is 7.74. The van der Waals surface area contributed by atoms with E-state index in [-0.39, 0.29) is 43.2 Å². The Balaban J connectivity index is 1.48. The minimum absolute atomic E-state index is 0.0361. The summed E-state index contributed by atoms with van der Waals surface area (Å²) in [5, 5.41) is 9.60. The van der Waals surface area contributed by atoms with Crippen LogP contribution in [0.1, 0.15) is 43.2 Å². The van der Waals surface area contributed by atoms with Crippen LogP contribution in [0, 0.1) is 17.8 Å². The molecule has 1 aliphatic heterocycles. The Morgan fingerprint density at radius 2 is 1.87 bits per heavy atom. The molecule has 3 atom stereocenters. The van der Waals surface area contributed by atoms with Gasteiger partial charge in [0.05, 0.1) is 48.6 Å². The van der Waals surface area contributed by atoms with Gasteiger partial charge in [0, 0.05) is 29.7 Å². The van der Waals surface area contributed by atoms with Gasteiger partial charge in [-0.3, -0.25) is 9.59 Å². The molecular formula is C34H41F4N5O4. The maximum absolute atomic E-state index is 14.7. The van der Waals surface area contributed by atoms with Gasteiger partial charge in [0.2, 0.25) is 0 Å². The molecule has 254 valence electrons. The number of amides is 1. The summed E-state index contributed by atoms with van der Waals surface area (Å²) in [5.74, 6) is 5.10. The lowest BCUT2D eigenvalue weighted by Crippen LogP contribution is -2.46. The van der Waals surface area contributed by atoms with Crippen LogP contribution in [0.25, 0.3) is 10.9 Å². The summed E-state index contributed by atoms with van der Waals surface area (Å²) in [6.07, 6.45) is -5.03. The van der Waals surface area contributed by atoms with Crippen molar-refractivity contribution in [1.82, 2.24) is 14.8 Å². The van der Waals surface area contributed by atoms with Crippen LogP contribution in [0.5, 0.6) is 5.75 Å². The lowest BCUT2D eigenvalue weighted by molar-refractivity contribution is -0.148. The highest BCUT2D eigenvalue weighted by atomic mass is 19.4. The monoisotopic (exact) mass is 659 g/mol. The summed E-state index contributed by atoms with van der Waals surface area (Å²) < 4.78 is 67.4. The maximum atomic E-state index is 14.7. The van der Waals surface area contributed by atoms with Gasteiger partial charge in [-0.15, -0.1) is 0 Å². The minimum Gasteiger partial charge on any atom is -0.495 e. The Morgan fingerprint density at radius 1 is 1.11 bits per heavy atom. The number of hydrogen-bond donors (Lipinski definition) is 3. The molecule has 4 rings (SSSR count). The van der Waals surface area contributed by atoms with Crippen molar-refractivity contribution in [3.63, 3.8) is 0 Å². The molecule has 9 nitrogen and oxygen atoms in total. The van der Waals surface area contributed by atoms with E-state index in [1.807, 2.05) is 11.9 Å². The van der Waals surface area contributed by atoms with Crippen molar-refractivity contribution >= 4 is 34.2 Å². The van der Waals surface area contributed by atoms with Gasteiger partial charge < -0.3 is 34.9 Å². The van der Waals surface area contributed by atoms with E-state index in [0.29, 0.717) is 46.6 Å². The largest absolute Gasteiger partial charge is 0.495 e. The maximum Gasteiger partial charge on any atom is 0.406 e. The number of hydrogen-bond acceptors (Lipinski definition) is 7. The van der Waals surface area contributed by atoms with Crippen LogP contribution in [0.4, 0.5) is 28.9 Å². The summed E-state index contributed by atoms with van der Waals surface area (Å²) in [6.45, 7) is 5.04. The number of benzene rings is 2. The first-order valence-corrected chi connectivity index (χ1v) is 15.4. The number of nitrogens with zero attached hydrogens (tertiary/aromatic N) is 2. The second-order valence-corrected chi connectivity index (χ2v) is 12.0. The van der Waals surface area contributed by atoms with Crippen molar-refractivity contribution in [2.45, 2.75) is 58.2 Å². The molecule has 1 aromatic heterocycles. The zero-order valence-corrected chi connectivity index (χ0v) is 27.1. The van der Waals surface area contributed by atoms with Crippen molar-refractivity contribution in [2.24, 2.45) is 5.92 Å². The van der Waals surface area contributed by atoms with Crippen LogP contribution < -0.4 is 20.7 Å². The van der Waals surface area contributed by atoms with Gasteiger partial charge in [0.1, 0.15) is 25.1 Å². The van der Waals surface area contributed by atoms with E-state index in [9.17, 15) is 27.2 Å². The van der Waals surface area contributed by atoms with Gasteiger partial charge in [0.15, 0.2) is 0 Å². The van der Waals surface area contributed by atoms with Crippen LogP contribution in [0.15, 0.2) is 42.5 Å². The van der Waals surface area contributed by atoms with Crippen molar-refractivity contribution in [1.29, 1.82) is 0 Å². The number of rotatable bonds is 11. The number of nitrogens with one attached hydrogen (secondary N) is 3. The van der Waals surface area contributed by atoms with Crippen molar-refractivity contribution in [2.75, 3.05) is 51.0 Å². The molecular weight excluding hydrogens is 618 g/mol. The number of likely N-dealkylation sites (tertiary alicyclic amines) is 1.